The second kappa shape index (κ2) is 7.44. The lowest BCUT2D eigenvalue weighted by molar-refractivity contribution is -0.120. The molecule has 0 aromatic heterocycles. The molecule has 0 saturated carbocycles. The summed E-state index contributed by atoms with van der Waals surface area (Å²) >= 11 is 0. The largest absolute Gasteiger partial charge is 0.509 e. The van der Waals surface area contributed by atoms with Crippen LogP contribution in [0.3, 0.4) is 0 Å². The lowest BCUT2D eigenvalue weighted by atomic mass is 10.0. The third kappa shape index (κ3) is 3.77. The van der Waals surface area contributed by atoms with E-state index < -0.39 is 17.9 Å². The van der Waals surface area contributed by atoms with Crippen molar-refractivity contribution in [3.05, 3.63) is 65.9 Å². The molecule has 1 unspecified atom stereocenters. The SMILES string of the molecule is CC(C)CC1NC(=O)C(C(=O)Nc2ccc(-c3ccccc3)cc2)=C1O. The number of aliphatic hydroxyl groups is 1. The van der Waals surface area contributed by atoms with E-state index in [0.29, 0.717) is 12.1 Å². The molecule has 0 aliphatic carbocycles. The van der Waals surface area contributed by atoms with E-state index in [1.807, 2.05) is 56.3 Å². The Morgan fingerprint density at radius 3 is 2.31 bits per heavy atom. The fraction of sp³-hybridized carbons (Fsp3) is 0.238. The molecular weight excluding hydrogens is 328 g/mol. The number of rotatable bonds is 5. The zero-order chi connectivity index (χ0) is 18.7. The zero-order valence-electron chi connectivity index (χ0n) is 14.8. The summed E-state index contributed by atoms with van der Waals surface area (Å²) in [4.78, 5) is 24.5. The Labute approximate surface area is 152 Å². The zero-order valence-corrected chi connectivity index (χ0v) is 14.8. The monoisotopic (exact) mass is 350 g/mol. The highest BCUT2D eigenvalue weighted by Gasteiger charge is 2.36. The van der Waals surface area contributed by atoms with Gasteiger partial charge in [0.15, 0.2) is 0 Å². The molecule has 0 spiro atoms. The molecule has 3 rings (SSSR count). The molecule has 2 aromatic carbocycles. The van der Waals surface area contributed by atoms with Crippen LogP contribution in [0.5, 0.6) is 0 Å². The van der Waals surface area contributed by atoms with Gasteiger partial charge < -0.3 is 15.7 Å². The van der Waals surface area contributed by atoms with E-state index >= 15 is 0 Å². The lowest BCUT2D eigenvalue weighted by Crippen LogP contribution is -2.31. The summed E-state index contributed by atoms with van der Waals surface area (Å²) in [6, 6.07) is 16.7. The number of nitrogens with one attached hydrogen (secondary N) is 2. The number of hydrogen-bond acceptors (Lipinski definition) is 3. The van der Waals surface area contributed by atoms with Crippen LogP contribution in [0.1, 0.15) is 20.3 Å². The number of carbonyl (C=O) groups excluding carboxylic acids is 2. The van der Waals surface area contributed by atoms with Gasteiger partial charge in [0, 0.05) is 5.69 Å². The molecule has 5 heteroatoms. The van der Waals surface area contributed by atoms with Crippen LogP contribution < -0.4 is 10.6 Å². The van der Waals surface area contributed by atoms with Gasteiger partial charge in [0.05, 0.1) is 6.04 Å². The Morgan fingerprint density at radius 2 is 1.69 bits per heavy atom. The standard InChI is InChI=1S/C21H22N2O3/c1-13(2)12-17-19(24)18(21(26)23-17)20(25)22-16-10-8-15(9-11-16)14-6-4-3-5-7-14/h3-11,13,17,24H,12H2,1-2H3,(H,22,25)(H,23,26). The summed E-state index contributed by atoms with van der Waals surface area (Å²) in [6.07, 6.45) is 0.583. The number of hydrogen-bond donors (Lipinski definition) is 3. The molecule has 0 saturated heterocycles. The van der Waals surface area contributed by atoms with Gasteiger partial charge >= 0.3 is 0 Å². The topological polar surface area (TPSA) is 78.4 Å². The maximum atomic E-state index is 12.4. The molecule has 5 nitrogen and oxygen atoms in total. The van der Waals surface area contributed by atoms with Crippen molar-refractivity contribution in [3.63, 3.8) is 0 Å². The summed E-state index contributed by atoms with van der Waals surface area (Å²) in [5, 5.41) is 15.6. The molecule has 0 bridgehead atoms. The average molecular weight is 350 g/mol. The van der Waals surface area contributed by atoms with Crippen molar-refractivity contribution in [2.24, 2.45) is 5.92 Å². The predicted molar refractivity (Wildman–Crippen MR) is 102 cm³/mol. The van der Waals surface area contributed by atoms with Crippen LogP contribution in [0.15, 0.2) is 65.9 Å². The van der Waals surface area contributed by atoms with Gasteiger partial charge in [0.1, 0.15) is 11.3 Å². The number of carbonyl (C=O) groups is 2. The maximum absolute atomic E-state index is 12.4. The van der Waals surface area contributed by atoms with Crippen LogP contribution >= 0.6 is 0 Å². The second-order valence-corrected chi connectivity index (χ2v) is 6.81. The van der Waals surface area contributed by atoms with Crippen LogP contribution in [-0.2, 0) is 9.59 Å². The van der Waals surface area contributed by atoms with E-state index in [0.717, 1.165) is 11.1 Å². The minimum absolute atomic E-state index is 0.179. The van der Waals surface area contributed by atoms with Crippen LogP contribution in [0.25, 0.3) is 11.1 Å². The molecule has 26 heavy (non-hydrogen) atoms. The van der Waals surface area contributed by atoms with E-state index in [-0.39, 0.29) is 17.3 Å². The summed E-state index contributed by atoms with van der Waals surface area (Å²) in [7, 11) is 0. The highest BCUT2D eigenvalue weighted by molar-refractivity contribution is 6.24. The van der Waals surface area contributed by atoms with Crippen molar-refractivity contribution in [1.82, 2.24) is 5.32 Å². The Bertz CT molecular complexity index is 839. The summed E-state index contributed by atoms with van der Waals surface area (Å²) in [5.41, 5.74) is 2.47. The van der Waals surface area contributed by atoms with Crippen LogP contribution in [0.4, 0.5) is 5.69 Å². The molecular formula is C21H22N2O3. The quantitative estimate of drug-likeness (QED) is 0.720. The summed E-state index contributed by atoms with van der Waals surface area (Å²) in [6.45, 7) is 3.98. The van der Waals surface area contributed by atoms with Crippen LogP contribution in [-0.4, -0.2) is 23.0 Å². The van der Waals surface area contributed by atoms with Crippen molar-refractivity contribution in [2.45, 2.75) is 26.3 Å². The van der Waals surface area contributed by atoms with Crippen molar-refractivity contribution in [1.29, 1.82) is 0 Å². The van der Waals surface area contributed by atoms with E-state index in [9.17, 15) is 14.7 Å². The molecule has 1 heterocycles. The smallest absolute Gasteiger partial charge is 0.264 e. The first-order valence-corrected chi connectivity index (χ1v) is 8.66. The summed E-state index contributed by atoms with van der Waals surface area (Å²) in [5.74, 6) is -1.03. The Hall–Kier alpha value is -3.08. The van der Waals surface area contributed by atoms with Gasteiger partial charge in [0.2, 0.25) is 0 Å². The van der Waals surface area contributed by atoms with E-state index in [2.05, 4.69) is 10.6 Å². The van der Waals surface area contributed by atoms with Crippen LogP contribution in [0.2, 0.25) is 0 Å². The molecule has 2 aromatic rings. The molecule has 1 atom stereocenters. The van der Waals surface area contributed by atoms with E-state index in [1.54, 1.807) is 12.1 Å². The summed E-state index contributed by atoms with van der Waals surface area (Å²) < 4.78 is 0. The van der Waals surface area contributed by atoms with Gasteiger partial charge in [-0.2, -0.15) is 0 Å². The third-order valence-electron chi connectivity index (χ3n) is 4.30. The first-order chi connectivity index (χ1) is 12.5. The Balaban J connectivity index is 1.73. The van der Waals surface area contributed by atoms with Gasteiger partial charge in [-0.25, -0.2) is 0 Å². The van der Waals surface area contributed by atoms with Gasteiger partial charge in [0.25, 0.3) is 11.8 Å². The molecule has 0 radical (unpaired) electrons. The lowest BCUT2D eigenvalue weighted by Gasteiger charge is -2.12. The first-order valence-electron chi connectivity index (χ1n) is 8.66. The highest BCUT2D eigenvalue weighted by Crippen LogP contribution is 2.24. The fourth-order valence-electron chi connectivity index (χ4n) is 3.02. The molecule has 1 aliphatic heterocycles. The molecule has 134 valence electrons. The molecule has 1 aliphatic rings. The second-order valence-electron chi connectivity index (χ2n) is 6.81. The van der Waals surface area contributed by atoms with Crippen molar-refractivity contribution >= 4 is 17.5 Å². The highest BCUT2D eigenvalue weighted by atomic mass is 16.3. The number of anilines is 1. The van der Waals surface area contributed by atoms with E-state index in [1.165, 1.54) is 0 Å². The van der Waals surface area contributed by atoms with Crippen molar-refractivity contribution < 1.29 is 14.7 Å². The molecule has 0 fully saturated rings. The fourth-order valence-corrected chi connectivity index (χ4v) is 3.02. The molecule has 2 amide bonds. The third-order valence-corrected chi connectivity index (χ3v) is 4.30. The maximum Gasteiger partial charge on any atom is 0.264 e. The minimum atomic E-state index is -0.598. The van der Waals surface area contributed by atoms with Crippen molar-refractivity contribution in [3.8, 4) is 11.1 Å². The van der Waals surface area contributed by atoms with Gasteiger partial charge in [-0.15, -0.1) is 0 Å². The predicted octanol–water partition coefficient (Wildman–Crippen LogP) is 3.65. The Morgan fingerprint density at radius 1 is 1.08 bits per heavy atom. The average Bonchev–Trinajstić information content (AvgIpc) is 2.89. The first kappa shape index (κ1) is 17.7. The normalized spacial score (nSPS) is 16.7. The number of benzene rings is 2. The van der Waals surface area contributed by atoms with Crippen LogP contribution in [0, 0.1) is 5.92 Å². The van der Waals surface area contributed by atoms with Gasteiger partial charge in [-0.1, -0.05) is 56.3 Å². The number of aliphatic hydroxyl groups excluding tert-OH is 1. The number of amides is 2. The molecule has 3 N–H and O–H groups in total. The van der Waals surface area contributed by atoms with Gasteiger partial charge in [-0.3, -0.25) is 9.59 Å². The Kier molecular flexibility index (Phi) is 5.07. The van der Waals surface area contributed by atoms with E-state index in [4.69, 9.17) is 0 Å². The van der Waals surface area contributed by atoms with Gasteiger partial charge in [-0.05, 0) is 35.6 Å². The minimum Gasteiger partial charge on any atom is -0.509 e. The van der Waals surface area contributed by atoms with Crippen molar-refractivity contribution in [2.75, 3.05) is 5.32 Å².